The molecule has 2 heteroatoms. The standard InChI is InChI=1S/C22H32O2/c1-7-24-21(23)16-18(3)11-8-10-17(2)13-14-20-19(4)12-9-15-22(20,5)6/h8,10-11,13-14,16H,7,9,12,15H2,1-6H3/b11-8+,14-13+,17-10-,18-16+/i9T,12T. The summed E-state index contributed by atoms with van der Waals surface area (Å²) in [6.07, 6.45) is 11.3. The molecule has 0 aromatic rings. The van der Waals surface area contributed by atoms with Crippen molar-refractivity contribution in [3.05, 3.63) is 58.7 Å². The molecule has 1 aliphatic carbocycles. The molecule has 0 saturated heterocycles. The molecule has 0 amide bonds. The van der Waals surface area contributed by atoms with E-state index < -0.39 is 6.40 Å². The molecule has 132 valence electrons. The third-order valence-corrected chi connectivity index (χ3v) is 4.01. The second-order valence-corrected chi connectivity index (χ2v) is 6.83. The maximum Gasteiger partial charge on any atom is 0.330 e. The number of carbonyl (C=O) groups excluding carboxylic acids is 1. The van der Waals surface area contributed by atoms with E-state index in [9.17, 15) is 4.79 Å². The maximum atomic E-state index is 11.4. The first kappa shape index (κ1) is 17.0. The smallest absolute Gasteiger partial charge is 0.330 e. The lowest BCUT2D eigenvalue weighted by atomic mass is 9.72. The molecular formula is C22H32O2. The Morgan fingerprint density at radius 1 is 1.29 bits per heavy atom. The van der Waals surface area contributed by atoms with Crippen molar-refractivity contribution in [2.75, 3.05) is 6.61 Å². The van der Waals surface area contributed by atoms with Gasteiger partial charge in [-0.3, -0.25) is 0 Å². The molecule has 2 unspecified atom stereocenters. The monoisotopic (exact) mass is 332 g/mol. The number of carbonyl (C=O) groups is 1. The summed E-state index contributed by atoms with van der Waals surface area (Å²) in [5.74, 6) is -0.324. The first-order valence-corrected chi connectivity index (χ1v) is 8.52. The molecule has 0 radical (unpaired) electrons. The minimum atomic E-state index is -0.442. The van der Waals surface area contributed by atoms with Crippen LogP contribution in [-0.4, -0.2) is 12.6 Å². The average molecular weight is 333 g/mol. The molecule has 0 aromatic carbocycles. The van der Waals surface area contributed by atoms with Crippen molar-refractivity contribution in [1.29, 1.82) is 0 Å². The fourth-order valence-corrected chi connectivity index (χ4v) is 2.66. The highest BCUT2D eigenvalue weighted by Gasteiger charge is 2.26. The van der Waals surface area contributed by atoms with Gasteiger partial charge in [-0.1, -0.05) is 55.4 Å². The Kier molecular flexibility index (Phi) is 6.71. The van der Waals surface area contributed by atoms with Crippen molar-refractivity contribution >= 4 is 5.97 Å². The Balaban J connectivity index is 2.86. The third kappa shape index (κ3) is 6.74. The van der Waals surface area contributed by atoms with Gasteiger partial charge in [0.25, 0.3) is 0 Å². The molecule has 0 bridgehead atoms. The molecule has 24 heavy (non-hydrogen) atoms. The Morgan fingerprint density at radius 2 is 2.00 bits per heavy atom. The van der Waals surface area contributed by atoms with E-state index in [1.54, 1.807) is 6.92 Å². The number of rotatable bonds is 6. The van der Waals surface area contributed by atoms with Gasteiger partial charge >= 0.3 is 5.97 Å². The number of hydrogen-bond donors (Lipinski definition) is 0. The number of ether oxygens (including phenoxy) is 1. The summed E-state index contributed by atoms with van der Waals surface area (Å²) in [4.78, 5) is 11.4. The normalized spacial score (nSPS) is 26.8. The van der Waals surface area contributed by atoms with Crippen LogP contribution in [0, 0.1) is 5.41 Å². The minimum absolute atomic E-state index is 0.0837. The summed E-state index contributed by atoms with van der Waals surface area (Å²) in [6.45, 7) is 12.3. The van der Waals surface area contributed by atoms with Gasteiger partial charge in [-0.15, -0.1) is 0 Å². The molecule has 1 rings (SSSR count). The average Bonchev–Trinajstić information content (AvgIpc) is 2.52. The lowest BCUT2D eigenvalue weighted by Gasteiger charge is -2.32. The molecule has 0 aliphatic heterocycles. The van der Waals surface area contributed by atoms with Crippen molar-refractivity contribution in [3.8, 4) is 0 Å². The van der Waals surface area contributed by atoms with Crippen LogP contribution in [0.3, 0.4) is 0 Å². The Hall–Kier alpha value is -1.83. The molecule has 1 aliphatic rings. The molecule has 2 atom stereocenters. The number of allylic oxidation sites excluding steroid dienone is 9. The fourth-order valence-electron chi connectivity index (χ4n) is 2.66. The summed E-state index contributed by atoms with van der Waals surface area (Å²) < 4.78 is 21.1. The lowest BCUT2D eigenvalue weighted by Crippen LogP contribution is -2.19. The quantitative estimate of drug-likeness (QED) is 0.335. The predicted molar refractivity (Wildman–Crippen MR) is 103 cm³/mol. The summed E-state index contributed by atoms with van der Waals surface area (Å²) in [7, 11) is 0. The Labute approximate surface area is 150 Å². The summed E-state index contributed by atoms with van der Waals surface area (Å²) in [6, 6.07) is 0. The maximum absolute atomic E-state index is 11.4. The van der Waals surface area contributed by atoms with Crippen LogP contribution < -0.4 is 0 Å². The SMILES string of the molecule is [3H]C1CC(C)(C)C(/C=C/C(C)=C\C=C\C(C)=C\C(=O)OCC)=C(C)C1[3H]. The van der Waals surface area contributed by atoms with E-state index in [1.807, 2.05) is 45.1 Å². The van der Waals surface area contributed by atoms with Crippen molar-refractivity contribution in [1.82, 2.24) is 0 Å². The van der Waals surface area contributed by atoms with Crippen LogP contribution in [0.5, 0.6) is 0 Å². The Morgan fingerprint density at radius 3 is 2.67 bits per heavy atom. The molecule has 0 saturated carbocycles. The van der Waals surface area contributed by atoms with E-state index in [1.165, 1.54) is 6.08 Å². The highest BCUT2D eigenvalue weighted by atomic mass is 16.5. The van der Waals surface area contributed by atoms with Gasteiger partial charge in [0.05, 0.1) is 6.61 Å². The summed E-state index contributed by atoms with van der Waals surface area (Å²) >= 11 is 0. The largest absolute Gasteiger partial charge is 0.463 e. The zero-order chi connectivity index (χ0) is 19.9. The minimum Gasteiger partial charge on any atom is -0.463 e. The van der Waals surface area contributed by atoms with Crippen molar-refractivity contribution in [2.24, 2.45) is 5.41 Å². The van der Waals surface area contributed by atoms with E-state index in [0.717, 1.165) is 22.3 Å². The second kappa shape index (κ2) is 9.46. The number of hydrogen-bond acceptors (Lipinski definition) is 2. The van der Waals surface area contributed by atoms with E-state index >= 15 is 0 Å². The number of esters is 1. The third-order valence-electron chi connectivity index (χ3n) is 4.01. The van der Waals surface area contributed by atoms with Crippen LogP contribution >= 0.6 is 0 Å². The van der Waals surface area contributed by atoms with Crippen molar-refractivity contribution < 1.29 is 12.3 Å². The van der Waals surface area contributed by atoms with E-state index in [-0.39, 0.29) is 17.8 Å². The molecule has 0 aromatic heterocycles. The zero-order valence-electron chi connectivity index (χ0n) is 17.8. The second-order valence-electron chi connectivity index (χ2n) is 6.83. The molecule has 0 spiro atoms. The van der Waals surface area contributed by atoms with E-state index in [2.05, 4.69) is 19.9 Å². The first-order chi connectivity index (χ1) is 12.1. The lowest BCUT2D eigenvalue weighted by molar-refractivity contribution is -0.137. The topological polar surface area (TPSA) is 26.3 Å². The summed E-state index contributed by atoms with van der Waals surface area (Å²) in [5.41, 5.74) is 3.99. The molecule has 2 nitrogen and oxygen atoms in total. The Bertz CT molecular complexity index is 664. The van der Waals surface area contributed by atoms with Gasteiger partial charge in [0.2, 0.25) is 0 Å². The molecular weight excluding hydrogens is 296 g/mol. The highest BCUT2D eigenvalue weighted by molar-refractivity contribution is 5.83. The molecule has 0 heterocycles. The van der Waals surface area contributed by atoms with Gasteiger partial charge in [-0.05, 0) is 63.5 Å². The predicted octanol–water partition coefficient (Wildman–Crippen LogP) is 6.08. The van der Waals surface area contributed by atoms with Gasteiger partial charge < -0.3 is 4.74 Å². The van der Waals surface area contributed by atoms with Crippen LogP contribution in [0.2, 0.25) is 0 Å². The van der Waals surface area contributed by atoms with Crippen molar-refractivity contribution in [2.45, 2.75) is 60.8 Å². The van der Waals surface area contributed by atoms with Crippen LogP contribution in [0.25, 0.3) is 0 Å². The van der Waals surface area contributed by atoms with Crippen LogP contribution in [0.15, 0.2) is 58.7 Å². The highest BCUT2D eigenvalue weighted by Crippen LogP contribution is 2.40. The van der Waals surface area contributed by atoms with Crippen LogP contribution in [0.1, 0.15) is 63.5 Å². The fraction of sp³-hybridized carbons (Fsp3) is 0.500. The van der Waals surface area contributed by atoms with Gasteiger partial charge in [0.15, 0.2) is 0 Å². The van der Waals surface area contributed by atoms with Gasteiger partial charge in [0, 0.05) is 8.82 Å². The van der Waals surface area contributed by atoms with Gasteiger partial charge in [-0.2, -0.15) is 0 Å². The molecule has 0 N–H and O–H groups in total. The van der Waals surface area contributed by atoms with E-state index in [4.69, 9.17) is 7.48 Å². The van der Waals surface area contributed by atoms with E-state index in [0.29, 0.717) is 13.0 Å². The first-order valence-electron chi connectivity index (χ1n) is 9.67. The molecule has 0 fully saturated rings. The van der Waals surface area contributed by atoms with Crippen LogP contribution in [-0.2, 0) is 9.53 Å². The van der Waals surface area contributed by atoms with Gasteiger partial charge in [0.1, 0.15) is 0 Å². The van der Waals surface area contributed by atoms with Crippen molar-refractivity contribution in [3.63, 3.8) is 0 Å². The van der Waals surface area contributed by atoms with Gasteiger partial charge in [-0.25, -0.2) is 4.79 Å². The zero-order valence-corrected chi connectivity index (χ0v) is 15.8. The summed E-state index contributed by atoms with van der Waals surface area (Å²) in [5, 5.41) is 0. The van der Waals surface area contributed by atoms with Crippen LogP contribution in [0.4, 0.5) is 0 Å².